The Morgan fingerprint density at radius 2 is 1.78 bits per heavy atom. The molecular formula is C38H44O8. The Morgan fingerprint density at radius 3 is 2.46 bits per heavy atom. The third kappa shape index (κ3) is 5.93. The highest BCUT2D eigenvalue weighted by atomic mass is 16.6. The quantitative estimate of drug-likeness (QED) is 0.130. The lowest BCUT2D eigenvalue weighted by Gasteiger charge is -2.56. The van der Waals surface area contributed by atoms with E-state index in [0.29, 0.717) is 59.4 Å². The fourth-order valence-corrected chi connectivity index (χ4v) is 7.37. The van der Waals surface area contributed by atoms with Gasteiger partial charge in [0.15, 0.2) is 0 Å². The van der Waals surface area contributed by atoms with E-state index in [-0.39, 0.29) is 35.8 Å². The maximum Gasteiger partial charge on any atom is 0.350 e. The number of fused-ring (bicyclic) bond motifs is 3. The number of ether oxygens (including phenoxy) is 3. The Kier molecular flexibility index (Phi) is 9.12. The van der Waals surface area contributed by atoms with Gasteiger partial charge >= 0.3 is 11.9 Å². The van der Waals surface area contributed by atoms with E-state index in [9.17, 15) is 24.9 Å². The Morgan fingerprint density at radius 1 is 1.04 bits per heavy atom. The zero-order valence-electron chi connectivity index (χ0n) is 27.4. The summed E-state index contributed by atoms with van der Waals surface area (Å²) >= 11 is 0. The van der Waals surface area contributed by atoms with Crippen LogP contribution >= 0.6 is 0 Å². The van der Waals surface area contributed by atoms with Gasteiger partial charge in [-0.05, 0) is 96.9 Å². The van der Waals surface area contributed by atoms with Gasteiger partial charge in [0.05, 0.1) is 7.11 Å². The lowest BCUT2D eigenvalue weighted by molar-refractivity contribution is -0.181. The molecule has 8 heteroatoms. The van der Waals surface area contributed by atoms with Crippen molar-refractivity contribution in [3.05, 3.63) is 82.5 Å². The minimum atomic E-state index is -1.29. The molecule has 3 atom stereocenters. The second-order valence-corrected chi connectivity index (χ2v) is 13.2. The number of carbonyl (C=O) groups excluding carboxylic acids is 1. The lowest BCUT2D eigenvalue weighted by atomic mass is 9.60. The summed E-state index contributed by atoms with van der Waals surface area (Å²) in [6.45, 7) is 12.4. The van der Waals surface area contributed by atoms with Gasteiger partial charge in [0, 0.05) is 40.2 Å². The van der Waals surface area contributed by atoms with Crippen LogP contribution in [0.2, 0.25) is 0 Å². The molecule has 0 amide bonds. The third-order valence-corrected chi connectivity index (χ3v) is 9.52. The largest absolute Gasteiger partial charge is 0.508 e. The summed E-state index contributed by atoms with van der Waals surface area (Å²) in [5.74, 6) is -0.966. The zero-order chi connectivity index (χ0) is 33.4. The van der Waals surface area contributed by atoms with Crippen LogP contribution in [0.15, 0.2) is 71.4 Å². The van der Waals surface area contributed by atoms with Crippen molar-refractivity contribution in [2.75, 3.05) is 7.11 Å². The molecule has 8 nitrogen and oxygen atoms in total. The molecule has 2 aromatic rings. The SMILES string of the molecule is C=C(C)[C@H]1CC[C@]2(C(=O)OC)C[C@]13Oc1c(CC=C(CCC=C(C)CCC=C(C)C)C(=O)O)cc(O)cc1-c1c(O)ccc(c13)O2. The monoisotopic (exact) mass is 628 g/mol. The minimum Gasteiger partial charge on any atom is -0.508 e. The predicted molar refractivity (Wildman–Crippen MR) is 176 cm³/mol. The number of phenolic OH excluding ortho intramolecular Hbond substituents is 2. The summed E-state index contributed by atoms with van der Waals surface area (Å²) in [6.07, 6.45) is 10.0. The molecule has 1 saturated carbocycles. The first kappa shape index (κ1) is 32.9. The van der Waals surface area contributed by atoms with E-state index in [1.54, 1.807) is 18.2 Å². The van der Waals surface area contributed by atoms with Crippen molar-refractivity contribution in [3.63, 3.8) is 0 Å². The number of carboxylic acids is 1. The fraction of sp³-hybridized carbons (Fsp3) is 0.421. The van der Waals surface area contributed by atoms with E-state index < -0.39 is 23.1 Å². The Balaban J connectivity index is 1.56. The highest BCUT2D eigenvalue weighted by Gasteiger charge is 2.64. The predicted octanol–water partition coefficient (Wildman–Crippen LogP) is 8.06. The van der Waals surface area contributed by atoms with Crippen LogP contribution in [0.3, 0.4) is 0 Å². The summed E-state index contributed by atoms with van der Waals surface area (Å²) in [5, 5.41) is 32.2. The van der Waals surface area contributed by atoms with Crippen molar-refractivity contribution in [1.29, 1.82) is 0 Å². The maximum absolute atomic E-state index is 13.2. The molecule has 5 rings (SSSR count). The average Bonchev–Trinajstić information content (AvgIpc) is 2.99. The van der Waals surface area contributed by atoms with Gasteiger partial charge in [-0.2, -0.15) is 0 Å². The van der Waals surface area contributed by atoms with Crippen LogP contribution in [0.1, 0.15) is 83.8 Å². The molecule has 0 radical (unpaired) electrons. The first-order valence-electron chi connectivity index (χ1n) is 15.9. The molecule has 2 bridgehead atoms. The van der Waals surface area contributed by atoms with Gasteiger partial charge in [-0.1, -0.05) is 41.5 Å². The van der Waals surface area contributed by atoms with E-state index in [1.165, 1.54) is 30.4 Å². The number of carboxylic acid groups (broad SMARTS) is 1. The van der Waals surface area contributed by atoms with Crippen molar-refractivity contribution in [2.45, 2.75) is 90.3 Å². The summed E-state index contributed by atoms with van der Waals surface area (Å²) in [5.41, 5.74) is 3.31. The molecule has 46 heavy (non-hydrogen) atoms. The molecule has 3 aliphatic rings. The molecule has 0 aromatic heterocycles. The molecular weight excluding hydrogens is 584 g/mol. The third-order valence-electron chi connectivity index (χ3n) is 9.52. The normalized spacial score (nSPS) is 22.8. The van der Waals surface area contributed by atoms with Gasteiger partial charge in [-0.25, -0.2) is 9.59 Å². The number of aliphatic carboxylic acids is 1. The van der Waals surface area contributed by atoms with Gasteiger partial charge in [0.25, 0.3) is 0 Å². The van der Waals surface area contributed by atoms with Crippen molar-refractivity contribution in [3.8, 4) is 34.1 Å². The first-order chi connectivity index (χ1) is 21.8. The van der Waals surface area contributed by atoms with Crippen LogP contribution < -0.4 is 9.47 Å². The molecule has 0 unspecified atom stereocenters. The zero-order valence-corrected chi connectivity index (χ0v) is 27.4. The summed E-state index contributed by atoms with van der Waals surface area (Å²) < 4.78 is 18.6. The van der Waals surface area contributed by atoms with Gasteiger partial charge in [0.1, 0.15) is 28.6 Å². The number of benzene rings is 2. The van der Waals surface area contributed by atoms with E-state index in [1.807, 2.05) is 6.92 Å². The molecule has 1 spiro atoms. The van der Waals surface area contributed by atoms with Crippen LogP contribution in [0.4, 0.5) is 0 Å². The van der Waals surface area contributed by atoms with Crippen molar-refractivity contribution in [1.82, 2.24) is 0 Å². The average molecular weight is 629 g/mol. The number of carbonyl (C=O) groups is 2. The number of phenols is 2. The minimum absolute atomic E-state index is 0.0204. The van der Waals surface area contributed by atoms with Gasteiger partial charge in [0.2, 0.25) is 5.60 Å². The maximum atomic E-state index is 13.2. The number of aromatic hydroxyl groups is 2. The van der Waals surface area contributed by atoms with Crippen molar-refractivity contribution in [2.24, 2.45) is 5.92 Å². The summed E-state index contributed by atoms with van der Waals surface area (Å²) in [4.78, 5) is 25.5. The molecule has 244 valence electrons. The van der Waals surface area contributed by atoms with Crippen LogP contribution in [0, 0.1) is 5.92 Å². The molecule has 0 saturated heterocycles. The molecule has 3 N–H and O–H groups in total. The number of rotatable bonds is 11. The van der Waals surface area contributed by atoms with Crippen LogP contribution in [0.5, 0.6) is 23.0 Å². The van der Waals surface area contributed by atoms with E-state index in [4.69, 9.17) is 14.2 Å². The standard InChI is InChI=1S/C38H44O8/c1-22(2)9-7-10-24(5)11-8-12-25(35(41)42)13-14-26-19-27(39)20-28-32-30(40)15-16-31-33(32)38(46-34(26)28)21-37(45-31,36(43)44-6)18-17-29(38)23(3)4/h9,11,13,15-16,19-20,29,39-40H,3,7-8,10,12,14,17-18,21H2,1-2,4-6H3,(H,41,42)/t29-,37-,38+/m1/s1. The number of hydrogen-bond acceptors (Lipinski definition) is 7. The molecule has 2 aromatic carbocycles. The van der Waals surface area contributed by atoms with E-state index in [2.05, 4.69) is 39.5 Å². The van der Waals surface area contributed by atoms with E-state index in [0.717, 1.165) is 18.4 Å². The molecule has 1 fully saturated rings. The molecule has 1 aliphatic carbocycles. The topological polar surface area (TPSA) is 123 Å². The van der Waals surface area contributed by atoms with Gasteiger partial charge < -0.3 is 29.5 Å². The first-order valence-corrected chi connectivity index (χ1v) is 15.9. The second-order valence-electron chi connectivity index (χ2n) is 13.2. The number of methoxy groups -OCH3 is 1. The number of hydrogen-bond donors (Lipinski definition) is 3. The van der Waals surface area contributed by atoms with Gasteiger partial charge in [-0.3, -0.25) is 0 Å². The van der Waals surface area contributed by atoms with Crippen molar-refractivity contribution >= 4 is 11.9 Å². The smallest absolute Gasteiger partial charge is 0.350 e. The number of allylic oxidation sites excluding steroid dienone is 5. The highest BCUT2D eigenvalue weighted by molar-refractivity contribution is 5.89. The van der Waals surface area contributed by atoms with Crippen LogP contribution in [-0.4, -0.2) is 40.0 Å². The van der Waals surface area contributed by atoms with Crippen molar-refractivity contribution < 1.29 is 39.1 Å². The highest BCUT2D eigenvalue weighted by Crippen LogP contribution is 2.65. The fourth-order valence-electron chi connectivity index (χ4n) is 7.37. The Bertz CT molecular complexity index is 1670. The second kappa shape index (κ2) is 12.7. The molecule has 2 heterocycles. The van der Waals surface area contributed by atoms with Crippen LogP contribution in [-0.2, 0) is 26.3 Å². The lowest BCUT2D eigenvalue weighted by Crippen LogP contribution is -2.62. The number of esters is 1. The van der Waals surface area contributed by atoms with E-state index >= 15 is 0 Å². The Hall–Kier alpha value is -4.46. The summed E-state index contributed by atoms with van der Waals surface area (Å²) in [7, 11) is 1.34. The molecule has 2 aliphatic heterocycles. The van der Waals surface area contributed by atoms with Crippen LogP contribution in [0.25, 0.3) is 11.1 Å². The van der Waals surface area contributed by atoms with Gasteiger partial charge in [-0.15, -0.1) is 0 Å². The Labute approximate surface area is 270 Å². The summed E-state index contributed by atoms with van der Waals surface area (Å²) in [6, 6.07) is 6.25.